The standard InChI is InChI=1S/C19H17ClN4O/c1-13-6-8-14(9-7-13)12-22-18(25)17-10-11-21-19(24-17)23-16-5-3-2-4-15(16)20/h2-11H,12H2,1H3,(H,22,25)(H,21,23,24). The van der Waals surface area contributed by atoms with Crippen molar-refractivity contribution in [3.05, 3.63) is 82.6 Å². The van der Waals surface area contributed by atoms with E-state index in [-0.39, 0.29) is 11.6 Å². The van der Waals surface area contributed by atoms with Crippen molar-refractivity contribution in [2.45, 2.75) is 13.5 Å². The van der Waals surface area contributed by atoms with Crippen LogP contribution in [0.25, 0.3) is 0 Å². The lowest BCUT2D eigenvalue weighted by atomic mass is 10.1. The summed E-state index contributed by atoms with van der Waals surface area (Å²) in [6.07, 6.45) is 1.53. The third-order valence-electron chi connectivity index (χ3n) is 3.58. The zero-order chi connectivity index (χ0) is 17.6. The minimum atomic E-state index is -0.259. The molecule has 3 rings (SSSR count). The molecule has 2 N–H and O–H groups in total. The van der Waals surface area contributed by atoms with E-state index in [2.05, 4.69) is 20.6 Å². The summed E-state index contributed by atoms with van der Waals surface area (Å²) >= 11 is 6.11. The number of benzene rings is 2. The topological polar surface area (TPSA) is 66.9 Å². The molecule has 126 valence electrons. The highest BCUT2D eigenvalue weighted by Crippen LogP contribution is 2.22. The Kier molecular flexibility index (Phi) is 5.26. The number of hydrogen-bond donors (Lipinski definition) is 2. The van der Waals surface area contributed by atoms with Crippen LogP contribution >= 0.6 is 11.6 Å². The zero-order valence-electron chi connectivity index (χ0n) is 13.7. The number of para-hydroxylation sites is 1. The zero-order valence-corrected chi connectivity index (χ0v) is 14.4. The Morgan fingerprint density at radius 2 is 1.84 bits per heavy atom. The van der Waals surface area contributed by atoms with Crippen molar-refractivity contribution >= 4 is 29.1 Å². The van der Waals surface area contributed by atoms with Gasteiger partial charge in [0.15, 0.2) is 0 Å². The van der Waals surface area contributed by atoms with Gasteiger partial charge in [-0.3, -0.25) is 4.79 Å². The van der Waals surface area contributed by atoms with Gasteiger partial charge >= 0.3 is 0 Å². The maximum atomic E-state index is 12.3. The third-order valence-corrected chi connectivity index (χ3v) is 3.91. The Balaban J connectivity index is 1.67. The van der Waals surface area contributed by atoms with Crippen molar-refractivity contribution in [2.75, 3.05) is 5.32 Å². The van der Waals surface area contributed by atoms with Crippen LogP contribution in [0, 0.1) is 6.92 Å². The summed E-state index contributed by atoms with van der Waals surface area (Å²) in [5.41, 5.74) is 3.18. The molecule has 0 bridgehead atoms. The van der Waals surface area contributed by atoms with E-state index in [1.807, 2.05) is 49.4 Å². The molecule has 0 radical (unpaired) electrons. The van der Waals surface area contributed by atoms with Crippen molar-refractivity contribution in [2.24, 2.45) is 0 Å². The quantitative estimate of drug-likeness (QED) is 0.725. The lowest BCUT2D eigenvalue weighted by Crippen LogP contribution is -2.24. The summed E-state index contributed by atoms with van der Waals surface area (Å²) in [7, 11) is 0. The summed E-state index contributed by atoms with van der Waals surface area (Å²) in [5.74, 6) is 0.0567. The van der Waals surface area contributed by atoms with Gasteiger partial charge in [0.2, 0.25) is 5.95 Å². The summed E-state index contributed by atoms with van der Waals surface area (Å²) in [4.78, 5) is 20.7. The first kappa shape index (κ1) is 16.9. The van der Waals surface area contributed by atoms with E-state index in [9.17, 15) is 4.79 Å². The second-order valence-electron chi connectivity index (χ2n) is 5.54. The molecule has 0 saturated carbocycles. The fourth-order valence-corrected chi connectivity index (χ4v) is 2.39. The highest BCUT2D eigenvalue weighted by molar-refractivity contribution is 6.33. The average molecular weight is 353 g/mol. The Bertz CT molecular complexity index is 881. The van der Waals surface area contributed by atoms with Crippen molar-refractivity contribution in [1.29, 1.82) is 0 Å². The second kappa shape index (κ2) is 7.77. The normalized spacial score (nSPS) is 10.3. The van der Waals surface area contributed by atoms with E-state index in [4.69, 9.17) is 11.6 Å². The first-order chi connectivity index (χ1) is 12.1. The van der Waals surface area contributed by atoms with Crippen LogP contribution in [0.5, 0.6) is 0 Å². The van der Waals surface area contributed by atoms with E-state index in [0.29, 0.717) is 23.2 Å². The first-order valence-corrected chi connectivity index (χ1v) is 8.18. The van der Waals surface area contributed by atoms with Gasteiger partial charge in [-0.05, 0) is 30.7 Å². The van der Waals surface area contributed by atoms with Gasteiger partial charge in [-0.15, -0.1) is 0 Å². The summed E-state index contributed by atoms with van der Waals surface area (Å²) in [5, 5.41) is 6.42. The van der Waals surface area contributed by atoms with Crippen LogP contribution in [0.3, 0.4) is 0 Å². The largest absolute Gasteiger partial charge is 0.347 e. The molecule has 1 heterocycles. The van der Waals surface area contributed by atoms with Gasteiger partial charge in [0, 0.05) is 12.7 Å². The number of aryl methyl sites for hydroxylation is 1. The molecule has 0 aliphatic carbocycles. The number of rotatable bonds is 5. The molecule has 0 saturated heterocycles. The molecule has 5 nitrogen and oxygen atoms in total. The predicted octanol–water partition coefficient (Wildman–Crippen LogP) is 4.11. The lowest BCUT2D eigenvalue weighted by Gasteiger charge is -2.08. The van der Waals surface area contributed by atoms with Crippen molar-refractivity contribution in [1.82, 2.24) is 15.3 Å². The number of carbonyl (C=O) groups is 1. The summed E-state index contributed by atoms with van der Waals surface area (Å²) in [6, 6.07) is 16.8. The Morgan fingerprint density at radius 3 is 2.60 bits per heavy atom. The van der Waals surface area contributed by atoms with Gasteiger partial charge in [0.05, 0.1) is 10.7 Å². The lowest BCUT2D eigenvalue weighted by molar-refractivity contribution is 0.0946. The number of carbonyl (C=O) groups excluding carboxylic acids is 1. The molecule has 6 heteroatoms. The van der Waals surface area contributed by atoms with Crippen molar-refractivity contribution in [3.8, 4) is 0 Å². The van der Waals surface area contributed by atoms with Crippen LogP contribution in [0.1, 0.15) is 21.6 Å². The minimum absolute atomic E-state index is 0.259. The van der Waals surface area contributed by atoms with Gasteiger partial charge in [-0.25, -0.2) is 9.97 Å². The minimum Gasteiger partial charge on any atom is -0.347 e. The fourth-order valence-electron chi connectivity index (χ4n) is 2.21. The number of nitrogens with zero attached hydrogens (tertiary/aromatic N) is 2. The SMILES string of the molecule is Cc1ccc(CNC(=O)c2ccnc(Nc3ccccc3Cl)n2)cc1. The van der Waals surface area contributed by atoms with Crippen LogP contribution in [-0.2, 0) is 6.54 Å². The molecule has 0 spiro atoms. The Labute approximate surface area is 151 Å². The molecule has 0 aliphatic rings. The summed E-state index contributed by atoms with van der Waals surface area (Å²) in [6.45, 7) is 2.47. The Morgan fingerprint density at radius 1 is 1.08 bits per heavy atom. The van der Waals surface area contributed by atoms with Crippen molar-refractivity contribution < 1.29 is 4.79 Å². The monoisotopic (exact) mass is 352 g/mol. The van der Waals surface area contributed by atoms with E-state index in [1.165, 1.54) is 11.8 Å². The molecule has 25 heavy (non-hydrogen) atoms. The van der Waals surface area contributed by atoms with Gasteiger partial charge in [-0.1, -0.05) is 53.6 Å². The molecule has 0 aliphatic heterocycles. The molecule has 3 aromatic rings. The fraction of sp³-hybridized carbons (Fsp3) is 0.105. The van der Waals surface area contributed by atoms with E-state index >= 15 is 0 Å². The highest BCUT2D eigenvalue weighted by Gasteiger charge is 2.09. The van der Waals surface area contributed by atoms with Gasteiger partial charge in [-0.2, -0.15) is 0 Å². The van der Waals surface area contributed by atoms with Gasteiger partial charge in [0.25, 0.3) is 5.91 Å². The van der Waals surface area contributed by atoms with E-state index in [0.717, 1.165) is 5.56 Å². The number of nitrogens with one attached hydrogen (secondary N) is 2. The maximum absolute atomic E-state index is 12.3. The van der Waals surface area contributed by atoms with Gasteiger partial charge in [0.1, 0.15) is 5.69 Å². The molecule has 1 amide bonds. The number of amides is 1. The smallest absolute Gasteiger partial charge is 0.270 e. The van der Waals surface area contributed by atoms with Crippen LogP contribution in [0.15, 0.2) is 60.8 Å². The van der Waals surface area contributed by atoms with Crippen molar-refractivity contribution in [3.63, 3.8) is 0 Å². The molecular formula is C19H17ClN4O. The highest BCUT2D eigenvalue weighted by atomic mass is 35.5. The number of aromatic nitrogens is 2. The second-order valence-corrected chi connectivity index (χ2v) is 5.95. The maximum Gasteiger partial charge on any atom is 0.270 e. The Hall–Kier alpha value is -2.92. The molecule has 0 atom stereocenters. The van der Waals surface area contributed by atoms with E-state index in [1.54, 1.807) is 12.1 Å². The predicted molar refractivity (Wildman–Crippen MR) is 99.1 cm³/mol. The molecular weight excluding hydrogens is 336 g/mol. The number of halogens is 1. The average Bonchev–Trinajstić information content (AvgIpc) is 2.63. The van der Waals surface area contributed by atoms with Crippen LogP contribution in [-0.4, -0.2) is 15.9 Å². The van der Waals surface area contributed by atoms with Crippen LogP contribution in [0.2, 0.25) is 5.02 Å². The molecule has 2 aromatic carbocycles. The summed E-state index contributed by atoms with van der Waals surface area (Å²) < 4.78 is 0. The molecule has 0 unspecified atom stereocenters. The first-order valence-electron chi connectivity index (χ1n) is 7.80. The van der Waals surface area contributed by atoms with Crippen LogP contribution < -0.4 is 10.6 Å². The van der Waals surface area contributed by atoms with Gasteiger partial charge < -0.3 is 10.6 Å². The van der Waals surface area contributed by atoms with E-state index < -0.39 is 0 Å². The molecule has 1 aromatic heterocycles. The number of hydrogen-bond acceptors (Lipinski definition) is 4. The molecule has 0 fully saturated rings. The van der Waals surface area contributed by atoms with Crippen LogP contribution in [0.4, 0.5) is 11.6 Å². The third kappa shape index (κ3) is 4.55. The number of anilines is 2.